The summed E-state index contributed by atoms with van der Waals surface area (Å²) in [5.41, 5.74) is 1.94. The first-order chi connectivity index (χ1) is 10.2. The lowest BCUT2D eigenvalue weighted by Crippen LogP contribution is -2.36. The number of benzene rings is 1. The maximum Gasteiger partial charge on any atom is 0.410 e. The van der Waals surface area contributed by atoms with Crippen LogP contribution in [-0.4, -0.2) is 24.1 Å². The van der Waals surface area contributed by atoms with Gasteiger partial charge in [0.25, 0.3) is 0 Å². The normalized spacial score (nSPS) is 14.0. The molecule has 0 bridgehead atoms. The van der Waals surface area contributed by atoms with Crippen molar-refractivity contribution in [3.8, 4) is 12.1 Å². The van der Waals surface area contributed by atoms with Gasteiger partial charge in [0.1, 0.15) is 24.3 Å². The third kappa shape index (κ3) is 3.84. The van der Waals surface area contributed by atoms with Crippen LogP contribution in [0.15, 0.2) is 41.5 Å². The van der Waals surface area contributed by atoms with Crippen molar-refractivity contribution >= 4 is 6.09 Å². The summed E-state index contributed by atoms with van der Waals surface area (Å²) in [7, 11) is 0. The molecule has 2 rings (SSSR count). The molecule has 1 aliphatic heterocycles. The molecule has 0 aliphatic carbocycles. The van der Waals surface area contributed by atoms with Gasteiger partial charge in [0, 0.05) is 13.1 Å². The Hall–Kier alpha value is -2.79. The minimum absolute atomic E-state index is 0.173. The van der Waals surface area contributed by atoms with E-state index < -0.39 is 0 Å². The molecule has 0 radical (unpaired) electrons. The first kappa shape index (κ1) is 14.6. The molecule has 0 aromatic heterocycles. The van der Waals surface area contributed by atoms with Crippen LogP contribution in [0.1, 0.15) is 18.4 Å². The van der Waals surface area contributed by atoms with E-state index in [0.717, 1.165) is 11.1 Å². The smallest absolute Gasteiger partial charge is 0.410 e. The molecule has 0 N–H and O–H groups in total. The summed E-state index contributed by atoms with van der Waals surface area (Å²) < 4.78 is 5.26. The van der Waals surface area contributed by atoms with Gasteiger partial charge in [0.05, 0.1) is 0 Å². The van der Waals surface area contributed by atoms with Gasteiger partial charge in [-0.15, -0.1) is 0 Å². The Labute approximate surface area is 123 Å². The van der Waals surface area contributed by atoms with Gasteiger partial charge in [-0.1, -0.05) is 30.3 Å². The van der Waals surface area contributed by atoms with Crippen molar-refractivity contribution in [3.05, 3.63) is 47.0 Å². The van der Waals surface area contributed by atoms with Gasteiger partial charge in [-0.3, -0.25) is 0 Å². The molecule has 0 unspecified atom stereocenters. The largest absolute Gasteiger partial charge is 0.445 e. The molecule has 1 heterocycles. The lowest BCUT2D eigenvalue weighted by molar-refractivity contribution is 0.0935. The summed E-state index contributed by atoms with van der Waals surface area (Å²) in [5, 5.41) is 17.7. The van der Waals surface area contributed by atoms with Crippen LogP contribution in [-0.2, 0) is 11.3 Å². The van der Waals surface area contributed by atoms with Gasteiger partial charge in [0.2, 0.25) is 0 Å². The Morgan fingerprint density at radius 2 is 1.76 bits per heavy atom. The summed E-state index contributed by atoms with van der Waals surface area (Å²) in [4.78, 5) is 13.6. The van der Waals surface area contributed by atoms with Crippen LogP contribution >= 0.6 is 0 Å². The molecule has 1 fully saturated rings. The number of allylic oxidation sites excluding steroid dienone is 1. The van der Waals surface area contributed by atoms with Crippen molar-refractivity contribution in [1.82, 2.24) is 4.90 Å². The van der Waals surface area contributed by atoms with Crippen LogP contribution in [0.25, 0.3) is 0 Å². The van der Waals surface area contributed by atoms with E-state index in [1.54, 1.807) is 4.90 Å². The summed E-state index contributed by atoms with van der Waals surface area (Å²) in [6.07, 6.45) is 0.752. The monoisotopic (exact) mass is 281 g/mol. The second-order valence-electron chi connectivity index (χ2n) is 4.73. The van der Waals surface area contributed by atoms with Crippen molar-refractivity contribution < 1.29 is 9.53 Å². The van der Waals surface area contributed by atoms with Crippen LogP contribution < -0.4 is 0 Å². The number of carbonyl (C=O) groups is 1. The zero-order valence-corrected chi connectivity index (χ0v) is 11.6. The third-order valence-electron chi connectivity index (χ3n) is 3.41. The summed E-state index contributed by atoms with van der Waals surface area (Å²) in [5.74, 6) is 0. The first-order valence-electron chi connectivity index (χ1n) is 6.72. The number of hydrogen-bond donors (Lipinski definition) is 0. The Morgan fingerprint density at radius 1 is 1.14 bits per heavy atom. The molecule has 5 nitrogen and oxygen atoms in total. The SMILES string of the molecule is N#CC(C#N)=C1CCN(C(=O)OCc2ccccc2)CC1. The highest BCUT2D eigenvalue weighted by atomic mass is 16.6. The number of rotatable bonds is 2. The second-order valence-corrected chi connectivity index (χ2v) is 4.73. The van der Waals surface area contributed by atoms with E-state index >= 15 is 0 Å². The molecule has 0 spiro atoms. The Morgan fingerprint density at radius 3 is 2.33 bits per heavy atom. The zero-order valence-electron chi connectivity index (χ0n) is 11.6. The number of nitrogens with zero attached hydrogens (tertiary/aromatic N) is 3. The van der Waals surface area contributed by atoms with Crippen molar-refractivity contribution in [2.75, 3.05) is 13.1 Å². The van der Waals surface area contributed by atoms with Crippen LogP contribution in [0.3, 0.4) is 0 Å². The van der Waals surface area contributed by atoms with Gasteiger partial charge in [-0.05, 0) is 24.0 Å². The minimum atomic E-state index is -0.353. The van der Waals surface area contributed by atoms with E-state index in [2.05, 4.69) is 0 Å². The molecule has 1 aromatic rings. The average Bonchev–Trinajstić information content (AvgIpc) is 2.55. The molecular weight excluding hydrogens is 266 g/mol. The molecule has 1 aliphatic rings. The maximum atomic E-state index is 11.9. The van der Waals surface area contributed by atoms with Gasteiger partial charge >= 0.3 is 6.09 Å². The molecule has 1 saturated heterocycles. The molecule has 0 atom stereocenters. The van der Waals surface area contributed by atoms with Gasteiger partial charge in [-0.25, -0.2) is 4.79 Å². The molecule has 0 saturated carbocycles. The highest BCUT2D eigenvalue weighted by Gasteiger charge is 2.22. The number of likely N-dealkylation sites (tertiary alicyclic amines) is 1. The van der Waals surface area contributed by atoms with Crippen molar-refractivity contribution in [2.24, 2.45) is 0 Å². The third-order valence-corrected chi connectivity index (χ3v) is 3.41. The second kappa shape index (κ2) is 7.12. The summed E-state index contributed by atoms with van der Waals surface area (Å²) in [6, 6.07) is 13.3. The molecule has 106 valence electrons. The van der Waals surface area contributed by atoms with E-state index in [1.807, 2.05) is 42.5 Å². The molecule has 1 amide bonds. The van der Waals surface area contributed by atoms with Crippen molar-refractivity contribution in [3.63, 3.8) is 0 Å². The number of hydrogen-bond acceptors (Lipinski definition) is 4. The summed E-state index contributed by atoms with van der Waals surface area (Å²) in [6.45, 7) is 1.21. The fourth-order valence-electron chi connectivity index (χ4n) is 2.20. The molecule has 21 heavy (non-hydrogen) atoms. The molecule has 1 aromatic carbocycles. The topological polar surface area (TPSA) is 77.1 Å². The minimum Gasteiger partial charge on any atom is -0.445 e. The number of piperidine rings is 1. The van der Waals surface area contributed by atoms with E-state index in [0.29, 0.717) is 25.9 Å². The van der Waals surface area contributed by atoms with Gasteiger partial charge in [0.15, 0.2) is 0 Å². The van der Waals surface area contributed by atoms with Crippen LogP contribution in [0, 0.1) is 22.7 Å². The zero-order chi connectivity index (χ0) is 15.1. The first-order valence-corrected chi connectivity index (χ1v) is 6.72. The standard InChI is InChI=1S/C16H15N3O2/c17-10-15(11-18)14-6-8-19(9-7-14)16(20)21-12-13-4-2-1-3-5-13/h1-5H,6-9,12H2. The average molecular weight is 281 g/mol. The fraction of sp³-hybridized carbons (Fsp3) is 0.312. The molecular formula is C16H15N3O2. The van der Waals surface area contributed by atoms with Crippen LogP contribution in [0.2, 0.25) is 0 Å². The van der Waals surface area contributed by atoms with E-state index in [-0.39, 0.29) is 18.3 Å². The number of amides is 1. The lowest BCUT2D eigenvalue weighted by atomic mass is 9.99. The number of ether oxygens (including phenoxy) is 1. The Bertz CT molecular complexity index is 597. The van der Waals surface area contributed by atoms with Crippen molar-refractivity contribution in [2.45, 2.75) is 19.4 Å². The predicted octanol–water partition coefficient (Wildman–Crippen LogP) is 2.76. The van der Waals surface area contributed by atoms with E-state index in [1.165, 1.54) is 0 Å². The predicted molar refractivity (Wildman–Crippen MR) is 75.7 cm³/mol. The summed E-state index contributed by atoms with van der Waals surface area (Å²) >= 11 is 0. The lowest BCUT2D eigenvalue weighted by Gasteiger charge is -2.27. The van der Waals surface area contributed by atoms with Gasteiger partial charge < -0.3 is 9.64 Å². The number of nitriles is 2. The fourth-order valence-corrected chi connectivity index (χ4v) is 2.20. The van der Waals surface area contributed by atoms with Crippen LogP contribution in [0.4, 0.5) is 4.79 Å². The highest BCUT2D eigenvalue weighted by molar-refractivity contribution is 5.68. The van der Waals surface area contributed by atoms with Crippen LogP contribution in [0.5, 0.6) is 0 Å². The maximum absolute atomic E-state index is 11.9. The number of carbonyl (C=O) groups excluding carboxylic acids is 1. The van der Waals surface area contributed by atoms with Crippen molar-refractivity contribution in [1.29, 1.82) is 10.5 Å². The van der Waals surface area contributed by atoms with E-state index in [4.69, 9.17) is 15.3 Å². The molecule has 5 heteroatoms. The van der Waals surface area contributed by atoms with Gasteiger partial charge in [-0.2, -0.15) is 10.5 Å². The Balaban J connectivity index is 1.85. The Kier molecular flexibility index (Phi) is 4.95. The quantitative estimate of drug-likeness (QED) is 0.781. The van der Waals surface area contributed by atoms with E-state index in [9.17, 15) is 4.79 Å². The highest BCUT2D eigenvalue weighted by Crippen LogP contribution is 2.20.